The van der Waals surface area contributed by atoms with E-state index in [4.69, 9.17) is 4.74 Å². The minimum Gasteiger partial charge on any atom is -0.481 e. The van der Waals surface area contributed by atoms with Gasteiger partial charge < -0.3 is 19.9 Å². The predicted octanol–water partition coefficient (Wildman–Crippen LogP) is 4.33. The first-order valence-corrected chi connectivity index (χ1v) is 9.67. The second kappa shape index (κ2) is 7.14. The lowest BCUT2D eigenvalue weighted by atomic mass is 9.98. The van der Waals surface area contributed by atoms with Gasteiger partial charge in [-0.25, -0.2) is 0 Å². The van der Waals surface area contributed by atoms with Gasteiger partial charge in [0, 0.05) is 43.3 Å². The summed E-state index contributed by atoms with van der Waals surface area (Å²) < 4.78 is 5.58. The molecule has 0 aromatic heterocycles. The van der Waals surface area contributed by atoms with E-state index in [1.165, 1.54) is 24.1 Å². The predicted molar refractivity (Wildman–Crippen MR) is 110 cm³/mol. The lowest BCUT2D eigenvalue weighted by Gasteiger charge is -2.32. The van der Waals surface area contributed by atoms with Crippen LogP contribution >= 0.6 is 0 Å². The summed E-state index contributed by atoms with van der Waals surface area (Å²) in [6.45, 7) is 6.85. The van der Waals surface area contributed by atoms with E-state index in [9.17, 15) is 4.79 Å². The zero-order valence-corrected chi connectivity index (χ0v) is 16.3. The van der Waals surface area contributed by atoms with Gasteiger partial charge in [-0.1, -0.05) is 6.92 Å². The molecule has 1 saturated heterocycles. The third kappa shape index (κ3) is 3.59. The van der Waals surface area contributed by atoms with Crippen LogP contribution in [0.25, 0.3) is 0 Å². The number of hydrogen-bond donors (Lipinski definition) is 1. The van der Waals surface area contributed by atoms with Crippen LogP contribution in [0, 0.1) is 12.8 Å². The molecule has 2 aromatic carbocycles. The fourth-order valence-corrected chi connectivity index (χ4v) is 3.76. The molecular formula is C22H27N3O2. The largest absolute Gasteiger partial charge is 0.481 e. The molecule has 5 nitrogen and oxygen atoms in total. The Morgan fingerprint density at radius 3 is 2.63 bits per heavy atom. The molecular weight excluding hydrogens is 338 g/mol. The quantitative estimate of drug-likeness (QED) is 0.879. The molecule has 142 valence electrons. The van der Waals surface area contributed by atoms with Crippen molar-refractivity contribution in [1.82, 2.24) is 0 Å². The lowest BCUT2D eigenvalue weighted by Crippen LogP contribution is -2.35. The number of fused-ring (bicyclic) bond motifs is 1. The van der Waals surface area contributed by atoms with Crippen LogP contribution in [0.2, 0.25) is 0 Å². The number of rotatable bonds is 3. The van der Waals surface area contributed by atoms with E-state index in [1.807, 2.05) is 18.2 Å². The summed E-state index contributed by atoms with van der Waals surface area (Å²) in [6, 6.07) is 12.5. The Kier molecular flexibility index (Phi) is 4.68. The van der Waals surface area contributed by atoms with E-state index >= 15 is 0 Å². The molecule has 27 heavy (non-hydrogen) atoms. The Morgan fingerprint density at radius 1 is 1.11 bits per heavy atom. The molecule has 0 saturated carbocycles. The standard InChI is InChI=1S/C22H27N3O2/c1-15-8-10-25(11-9-15)18-5-6-19(16(2)12-18)23-17-4-7-20-21(13-17)27-14-22(26)24(20)3/h4-7,12-13,15,23H,8-11,14H2,1-3H3. The average Bonchev–Trinajstić information content (AvgIpc) is 2.67. The highest BCUT2D eigenvalue weighted by atomic mass is 16.5. The number of benzene rings is 2. The molecule has 0 unspecified atom stereocenters. The van der Waals surface area contributed by atoms with Crippen LogP contribution in [0.5, 0.6) is 5.75 Å². The summed E-state index contributed by atoms with van der Waals surface area (Å²) in [5.74, 6) is 1.55. The zero-order valence-electron chi connectivity index (χ0n) is 16.3. The monoisotopic (exact) mass is 365 g/mol. The number of carbonyl (C=O) groups is 1. The highest BCUT2D eigenvalue weighted by molar-refractivity contribution is 5.97. The molecule has 2 aliphatic rings. The number of nitrogens with zero attached hydrogens (tertiary/aromatic N) is 2. The van der Waals surface area contributed by atoms with Crippen LogP contribution in [0.4, 0.5) is 22.7 Å². The Morgan fingerprint density at radius 2 is 1.89 bits per heavy atom. The molecule has 5 heteroatoms. The summed E-state index contributed by atoms with van der Waals surface area (Å²) in [7, 11) is 1.78. The molecule has 2 aliphatic heterocycles. The molecule has 1 fully saturated rings. The van der Waals surface area contributed by atoms with Gasteiger partial charge in [-0.15, -0.1) is 0 Å². The minimum atomic E-state index is -0.0262. The first kappa shape index (κ1) is 17.7. The molecule has 1 N–H and O–H groups in total. The highest BCUT2D eigenvalue weighted by Gasteiger charge is 2.22. The van der Waals surface area contributed by atoms with Crippen LogP contribution < -0.4 is 19.9 Å². The van der Waals surface area contributed by atoms with Gasteiger partial charge >= 0.3 is 0 Å². The second-order valence-electron chi connectivity index (χ2n) is 7.72. The van der Waals surface area contributed by atoms with Gasteiger partial charge in [0.25, 0.3) is 5.91 Å². The molecule has 0 aliphatic carbocycles. The fourth-order valence-electron chi connectivity index (χ4n) is 3.76. The number of hydrogen-bond acceptors (Lipinski definition) is 4. The van der Waals surface area contributed by atoms with Crippen LogP contribution in [0.15, 0.2) is 36.4 Å². The van der Waals surface area contributed by atoms with Crippen molar-refractivity contribution in [3.8, 4) is 5.75 Å². The highest BCUT2D eigenvalue weighted by Crippen LogP contribution is 2.35. The maximum Gasteiger partial charge on any atom is 0.264 e. The number of aryl methyl sites for hydroxylation is 1. The maximum atomic E-state index is 11.7. The van der Waals surface area contributed by atoms with Crippen molar-refractivity contribution in [2.24, 2.45) is 5.92 Å². The van der Waals surface area contributed by atoms with Gasteiger partial charge in [-0.05, 0) is 61.6 Å². The van der Waals surface area contributed by atoms with E-state index in [2.05, 4.69) is 42.3 Å². The van der Waals surface area contributed by atoms with Gasteiger partial charge in [0.05, 0.1) is 5.69 Å². The smallest absolute Gasteiger partial charge is 0.264 e. The third-order valence-corrected chi connectivity index (χ3v) is 5.68. The number of nitrogens with one attached hydrogen (secondary N) is 1. The number of carbonyl (C=O) groups excluding carboxylic acids is 1. The first-order valence-electron chi connectivity index (χ1n) is 9.67. The van der Waals surface area contributed by atoms with Crippen molar-refractivity contribution in [3.63, 3.8) is 0 Å². The van der Waals surface area contributed by atoms with E-state index in [-0.39, 0.29) is 12.5 Å². The van der Waals surface area contributed by atoms with E-state index in [0.717, 1.165) is 41.8 Å². The van der Waals surface area contributed by atoms with Crippen LogP contribution in [0.3, 0.4) is 0 Å². The Labute approximate surface area is 160 Å². The number of piperidine rings is 1. The summed E-state index contributed by atoms with van der Waals surface area (Å²) in [6.07, 6.45) is 2.54. The Bertz CT molecular complexity index is 857. The van der Waals surface area contributed by atoms with Gasteiger partial charge in [0.2, 0.25) is 0 Å². The number of amides is 1. The second-order valence-corrected chi connectivity index (χ2v) is 7.72. The van der Waals surface area contributed by atoms with Gasteiger partial charge in [0.1, 0.15) is 5.75 Å². The molecule has 4 rings (SSSR count). The fraction of sp³-hybridized carbons (Fsp3) is 0.409. The molecule has 2 aromatic rings. The summed E-state index contributed by atoms with van der Waals surface area (Å²) in [4.78, 5) is 15.9. The minimum absolute atomic E-state index is 0.0262. The molecule has 0 bridgehead atoms. The maximum absolute atomic E-state index is 11.7. The van der Waals surface area contributed by atoms with Gasteiger partial charge in [-0.3, -0.25) is 4.79 Å². The van der Waals surface area contributed by atoms with Gasteiger partial charge in [-0.2, -0.15) is 0 Å². The third-order valence-electron chi connectivity index (χ3n) is 5.68. The SMILES string of the molecule is Cc1cc(N2CCC(C)CC2)ccc1Nc1ccc2c(c1)OCC(=O)N2C. The zero-order chi connectivity index (χ0) is 19.0. The molecule has 0 atom stereocenters. The molecule has 0 radical (unpaired) electrons. The van der Waals surface area contributed by atoms with E-state index in [1.54, 1.807) is 11.9 Å². The summed E-state index contributed by atoms with van der Waals surface area (Å²) in [5, 5.41) is 3.48. The summed E-state index contributed by atoms with van der Waals surface area (Å²) >= 11 is 0. The number of ether oxygens (including phenoxy) is 1. The first-order chi connectivity index (χ1) is 13.0. The van der Waals surface area contributed by atoms with Gasteiger partial charge in [0.15, 0.2) is 6.61 Å². The normalized spacial score (nSPS) is 17.5. The Hall–Kier alpha value is -2.69. The lowest BCUT2D eigenvalue weighted by molar-refractivity contribution is -0.120. The Balaban J connectivity index is 1.51. The van der Waals surface area contributed by atoms with Crippen molar-refractivity contribution in [2.75, 3.05) is 41.9 Å². The van der Waals surface area contributed by atoms with Crippen LogP contribution in [-0.4, -0.2) is 32.7 Å². The topological polar surface area (TPSA) is 44.8 Å². The van der Waals surface area contributed by atoms with Crippen molar-refractivity contribution >= 4 is 28.7 Å². The van der Waals surface area contributed by atoms with Crippen LogP contribution in [0.1, 0.15) is 25.3 Å². The van der Waals surface area contributed by atoms with Crippen molar-refractivity contribution in [3.05, 3.63) is 42.0 Å². The number of likely N-dealkylation sites (N-methyl/N-ethyl adjacent to an activating group) is 1. The number of anilines is 4. The van der Waals surface area contributed by atoms with E-state index in [0.29, 0.717) is 0 Å². The van der Waals surface area contributed by atoms with Crippen LogP contribution in [-0.2, 0) is 4.79 Å². The van der Waals surface area contributed by atoms with Crippen molar-refractivity contribution in [2.45, 2.75) is 26.7 Å². The molecule has 0 spiro atoms. The van der Waals surface area contributed by atoms with Crippen molar-refractivity contribution < 1.29 is 9.53 Å². The van der Waals surface area contributed by atoms with E-state index < -0.39 is 0 Å². The van der Waals surface area contributed by atoms with Crippen molar-refractivity contribution in [1.29, 1.82) is 0 Å². The summed E-state index contributed by atoms with van der Waals surface area (Å²) in [5.41, 5.74) is 5.38. The molecule has 1 amide bonds. The molecule has 2 heterocycles. The average molecular weight is 365 g/mol.